The van der Waals surface area contributed by atoms with Crippen LogP contribution in [0.15, 0.2) is 71.8 Å². The highest BCUT2D eigenvalue weighted by Gasteiger charge is 2.35. The Morgan fingerprint density at radius 3 is 2.66 bits per heavy atom. The minimum absolute atomic E-state index is 0.120. The molecule has 0 saturated carbocycles. The number of nitrogens with zero attached hydrogens (tertiary/aromatic N) is 3. The van der Waals surface area contributed by atoms with Crippen molar-refractivity contribution in [3.8, 4) is 0 Å². The van der Waals surface area contributed by atoms with E-state index in [0.717, 1.165) is 43.6 Å². The fourth-order valence-corrected chi connectivity index (χ4v) is 7.32. The van der Waals surface area contributed by atoms with Gasteiger partial charge in [0.1, 0.15) is 5.82 Å². The molecule has 0 bridgehead atoms. The molecule has 3 aromatic carbocycles. The number of likely N-dealkylation sites (tertiary alicyclic amines) is 1. The lowest BCUT2D eigenvalue weighted by Crippen LogP contribution is -2.41. The Morgan fingerprint density at radius 2 is 1.89 bits per heavy atom. The Labute approximate surface area is 223 Å². The van der Waals surface area contributed by atoms with Gasteiger partial charge in [0.25, 0.3) is 0 Å². The molecule has 38 heavy (non-hydrogen) atoms. The van der Waals surface area contributed by atoms with E-state index in [9.17, 15) is 8.42 Å². The highest BCUT2D eigenvalue weighted by molar-refractivity contribution is 7.89. The lowest BCUT2D eigenvalue weighted by atomic mass is 9.85. The van der Waals surface area contributed by atoms with E-state index in [0.29, 0.717) is 22.8 Å². The van der Waals surface area contributed by atoms with Gasteiger partial charge in [-0.15, -0.1) is 0 Å². The number of rotatable bonds is 9. The van der Waals surface area contributed by atoms with Crippen LogP contribution < -0.4 is 4.72 Å². The monoisotopic (exact) mass is 532 g/mol. The maximum absolute atomic E-state index is 15.2. The van der Waals surface area contributed by atoms with Crippen molar-refractivity contribution >= 4 is 20.9 Å². The van der Waals surface area contributed by atoms with E-state index in [1.807, 2.05) is 18.2 Å². The molecule has 1 N–H and O–H groups in total. The van der Waals surface area contributed by atoms with Crippen molar-refractivity contribution in [2.75, 3.05) is 26.2 Å². The fraction of sp³-hybridized carbons (Fsp3) is 0.367. The largest absolute Gasteiger partial charge is 0.303 e. The zero-order valence-corrected chi connectivity index (χ0v) is 22.4. The van der Waals surface area contributed by atoms with Gasteiger partial charge in [-0.25, -0.2) is 17.5 Å². The smallest absolute Gasteiger partial charge is 0.241 e. The van der Waals surface area contributed by atoms with Crippen LogP contribution in [0.5, 0.6) is 0 Å². The standard InChI is InChI=1S/C30H33FN4O2S/c1-34-29-9-5-10-30(27(29)19-32-34)38(36,37)33-12-11-22-17-26-23(18-28(22)31)16-24(20-35-13-6-14-35)25(26)15-21-7-3-2-4-8-21/h2-5,7-10,17-19,24-25,33H,6,11-16,20H2,1H3. The molecular weight excluding hydrogens is 499 g/mol. The van der Waals surface area contributed by atoms with Gasteiger partial charge < -0.3 is 4.90 Å². The molecule has 1 fully saturated rings. The summed E-state index contributed by atoms with van der Waals surface area (Å²) in [6, 6.07) is 19.3. The minimum atomic E-state index is -3.77. The SMILES string of the molecule is Cn1ncc2c(S(=O)(=O)NCCc3cc4c(cc3F)CC(CN3CCC3)C4Cc3ccccc3)cccc21. The predicted molar refractivity (Wildman–Crippen MR) is 147 cm³/mol. The second kappa shape index (κ2) is 10.2. The number of sulfonamides is 1. The fourth-order valence-electron chi connectivity index (χ4n) is 6.09. The number of hydrogen-bond acceptors (Lipinski definition) is 4. The lowest BCUT2D eigenvalue weighted by Gasteiger charge is -2.35. The Balaban J connectivity index is 1.21. The Kier molecular flexibility index (Phi) is 6.80. The van der Waals surface area contributed by atoms with Gasteiger partial charge in [-0.3, -0.25) is 4.68 Å². The molecule has 2 atom stereocenters. The van der Waals surface area contributed by atoms with Crippen molar-refractivity contribution < 1.29 is 12.8 Å². The molecule has 2 unspecified atom stereocenters. The zero-order chi connectivity index (χ0) is 26.3. The number of nitrogens with one attached hydrogen (secondary N) is 1. The maximum Gasteiger partial charge on any atom is 0.241 e. The average Bonchev–Trinajstić information content (AvgIpc) is 3.42. The molecule has 2 heterocycles. The number of aryl methyl sites for hydroxylation is 1. The van der Waals surface area contributed by atoms with E-state index in [-0.39, 0.29) is 23.7 Å². The molecule has 0 radical (unpaired) electrons. The first-order valence-corrected chi connectivity index (χ1v) is 14.9. The van der Waals surface area contributed by atoms with Crippen LogP contribution in [-0.4, -0.2) is 49.3 Å². The minimum Gasteiger partial charge on any atom is -0.303 e. The van der Waals surface area contributed by atoms with Crippen molar-refractivity contribution in [1.29, 1.82) is 0 Å². The quantitative estimate of drug-likeness (QED) is 0.346. The third-order valence-electron chi connectivity index (χ3n) is 8.23. The van der Waals surface area contributed by atoms with E-state index in [2.05, 4.69) is 39.0 Å². The topological polar surface area (TPSA) is 67.2 Å². The van der Waals surface area contributed by atoms with E-state index in [1.54, 1.807) is 36.1 Å². The molecule has 8 heteroatoms. The van der Waals surface area contributed by atoms with Gasteiger partial charge in [-0.1, -0.05) is 42.5 Å². The molecule has 0 amide bonds. The maximum atomic E-state index is 15.2. The Bertz CT molecular complexity index is 1560. The zero-order valence-electron chi connectivity index (χ0n) is 21.6. The van der Waals surface area contributed by atoms with E-state index >= 15 is 4.39 Å². The molecule has 6 rings (SSSR count). The highest BCUT2D eigenvalue weighted by Crippen LogP contribution is 2.42. The van der Waals surface area contributed by atoms with Gasteiger partial charge in [0, 0.05) is 25.5 Å². The second-order valence-electron chi connectivity index (χ2n) is 10.7. The van der Waals surface area contributed by atoms with Crippen molar-refractivity contribution in [2.24, 2.45) is 13.0 Å². The summed E-state index contributed by atoms with van der Waals surface area (Å²) in [5, 5.41) is 4.76. The summed E-state index contributed by atoms with van der Waals surface area (Å²) in [5.74, 6) is 0.534. The highest BCUT2D eigenvalue weighted by atomic mass is 32.2. The summed E-state index contributed by atoms with van der Waals surface area (Å²) in [5.41, 5.74) is 4.92. The molecule has 1 aliphatic heterocycles. The van der Waals surface area contributed by atoms with Gasteiger partial charge >= 0.3 is 0 Å². The average molecular weight is 533 g/mol. The molecule has 1 aliphatic carbocycles. The summed E-state index contributed by atoms with van der Waals surface area (Å²) in [7, 11) is -1.99. The van der Waals surface area contributed by atoms with Crippen LogP contribution in [0.2, 0.25) is 0 Å². The van der Waals surface area contributed by atoms with Gasteiger partial charge in [-0.05, 0) is 91.1 Å². The molecular formula is C30H33FN4O2S. The second-order valence-corrected chi connectivity index (χ2v) is 12.4. The number of aromatic nitrogens is 2. The molecule has 0 spiro atoms. The van der Waals surface area contributed by atoms with Crippen molar-refractivity contribution in [1.82, 2.24) is 19.4 Å². The normalized spacial score (nSPS) is 19.5. The van der Waals surface area contributed by atoms with Crippen LogP contribution in [0.25, 0.3) is 10.9 Å². The van der Waals surface area contributed by atoms with Crippen LogP contribution >= 0.6 is 0 Å². The van der Waals surface area contributed by atoms with Crippen molar-refractivity contribution in [3.05, 3.63) is 94.9 Å². The van der Waals surface area contributed by atoms with Crippen molar-refractivity contribution in [2.45, 2.75) is 36.5 Å². The Morgan fingerprint density at radius 1 is 1.08 bits per heavy atom. The molecule has 1 saturated heterocycles. The first-order valence-electron chi connectivity index (χ1n) is 13.4. The number of fused-ring (bicyclic) bond motifs is 2. The lowest BCUT2D eigenvalue weighted by molar-refractivity contribution is 0.145. The summed E-state index contributed by atoms with van der Waals surface area (Å²) >= 11 is 0. The summed E-state index contributed by atoms with van der Waals surface area (Å²) in [6.45, 7) is 3.47. The van der Waals surface area contributed by atoms with Gasteiger partial charge in [0.2, 0.25) is 10.0 Å². The molecule has 1 aromatic heterocycles. The number of halogens is 1. The van der Waals surface area contributed by atoms with E-state index < -0.39 is 10.0 Å². The van der Waals surface area contributed by atoms with Crippen LogP contribution in [0.3, 0.4) is 0 Å². The third-order valence-corrected chi connectivity index (χ3v) is 9.75. The Hall–Kier alpha value is -3.07. The van der Waals surface area contributed by atoms with E-state index in [1.165, 1.54) is 17.5 Å². The van der Waals surface area contributed by atoms with Gasteiger partial charge in [-0.2, -0.15) is 5.10 Å². The number of benzene rings is 3. The predicted octanol–water partition coefficient (Wildman–Crippen LogP) is 4.44. The van der Waals surface area contributed by atoms with Crippen molar-refractivity contribution in [3.63, 3.8) is 0 Å². The van der Waals surface area contributed by atoms with Crippen LogP contribution in [0, 0.1) is 11.7 Å². The summed E-state index contributed by atoms with van der Waals surface area (Å²) < 4.78 is 45.8. The number of hydrogen-bond donors (Lipinski definition) is 1. The summed E-state index contributed by atoms with van der Waals surface area (Å²) in [4.78, 5) is 2.69. The third kappa shape index (κ3) is 4.88. The van der Waals surface area contributed by atoms with Gasteiger partial charge in [0.15, 0.2) is 0 Å². The first kappa shape index (κ1) is 25.2. The van der Waals surface area contributed by atoms with E-state index in [4.69, 9.17) is 0 Å². The van der Waals surface area contributed by atoms with Crippen LogP contribution in [-0.2, 0) is 36.3 Å². The van der Waals surface area contributed by atoms with Gasteiger partial charge in [0.05, 0.1) is 16.6 Å². The first-order chi connectivity index (χ1) is 18.4. The molecule has 6 nitrogen and oxygen atoms in total. The van der Waals surface area contributed by atoms with Crippen LogP contribution in [0.4, 0.5) is 4.39 Å². The molecule has 4 aromatic rings. The molecule has 198 valence electrons. The molecule has 2 aliphatic rings. The summed E-state index contributed by atoms with van der Waals surface area (Å²) in [6.07, 6.45) is 4.93. The van der Waals surface area contributed by atoms with Crippen LogP contribution in [0.1, 0.15) is 34.6 Å².